The molecule has 0 saturated heterocycles. The second-order valence-electron chi connectivity index (χ2n) is 7.53. The highest BCUT2D eigenvalue weighted by molar-refractivity contribution is 6.12. The van der Waals surface area contributed by atoms with E-state index in [9.17, 15) is 9.59 Å². The molecule has 172 valence electrons. The summed E-state index contributed by atoms with van der Waals surface area (Å²) in [5, 5.41) is 5.61. The smallest absolute Gasteiger partial charge is 0.291 e. The number of benzene rings is 3. The highest BCUT2D eigenvalue weighted by atomic mass is 16.5. The van der Waals surface area contributed by atoms with Crippen LogP contribution in [-0.2, 0) is 6.61 Å². The van der Waals surface area contributed by atoms with E-state index in [1.165, 1.54) is 0 Å². The summed E-state index contributed by atoms with van der Waals surface area (Å²) >= 11 is 0. The van der Waals surface area contributed by atoms with Crippen molar-refractivity contribution in [3.05, 3.63) is 108 Å². The lowest BCUT2D eigenvalue weighted by atomic mass is 10.1. The van der Waals surface area contributed by atoms with Crippen molar-refractivity contribution in [2.24, 2.45) is 0 Å². The minimum absolute atomic E-state index is 0.104. The number of aryl methyl sites for hydroxylation is 1. The first-order chi connectivity index (χ1) is 16.5. The van der Waals surface area contributed by atoms with Gasteiger partial charge in [-0.2, -0.15) is 0 Å². The predicted octanol–water partition coefficient (Wildman–Crippen LogP) is 5.68. The predicted molar refractivity (Wildman–Crippen MR) is 130 cm³/mol. The Bertz CT molecular complexity index is 1310. The van der Waals surface area contributed by atoms with Crippen molar-refractivity contribution in [1.82, 2.24) is 0 Å². The van der Waals surface area contributed by atoms with Gasteiger partial charge in [0.2, 0.25) is 0 Å². The van der Waals surface area contributed by atoms with Crippen molar-refractivity contribution in [3.63, 3.8) is 0 Å². The molecule has 34 heavy (non-hydrogen) atoms. The van der Waals surface area contributed by atoms with Crippen LogP contribution in [0.5, 0.6) is 11.5 Å². The van der Waals surface area contributed by atoms with Gasteiger partial charge in [-0.3, -0.25) is 9.59 Å². The molecule has 4 aromatic rings. The second kappa shape index (κ2) is 10.4. The van der Waals surface area contributed by atoms with Crippen molar-refractivity contribution in [2.45, 2.75) is 13.5 Å². The van der Waals surface area contributed by atoms with E-state index < -0.39 is 5.91 Å². The van der Waals surface area contributed by atoms with Gasteiger partial charge in [0.15, 0.2) is 17.3 Å². The van der Waals surface area contributed by atoms with Crippen LogP contribution in [0, 0.1) is 6.92 Å². The molecular formula is C27H24N2O5. The van der Waals surface area contributed by atoms with Gasteiger partial charge < -0.3 is 24.5 Å². The number of anilines is 2. The highest BCUT2D eigenvalue weighted by Crippen LogP contribution is 2.27. The largest absolute Gasteiger partial charge is 0.493 e. The molecule has 0 spiro atoms. The van der Waals surface area contributed by atoms with Gasteiger partial charge in [-0.25, -0.2) is 0 Å². The van der Waals surface area contributed by atoms with E-state index in [2.05, 4.69) is 10.6 Å². The number of hydrogen-bond acceptors (Lipinski definition) is 5. The van der Waals surface area contributed by atoms with E-state index in [0.29, 0.717) is 34.2 Å². The molecule has 4 rings (SSSR count). The third kappa shape index (κ3) is 5.45. The quantitative estimate of drug-likeness (QED) is 0.356. The molecular weight excluding hydrogens is 432 g/mol. The molecule has 0 saturated carbocycles. The Balaban J connectivity index is 1.42. The van der Waals surface area contributed by atoms with Crippen LogP contribution in [0.4, 0.5) is 11.4 Å². The SMILES string of the molecule is COc1ccccc1OCc1ccc(C(=O)Nc2ccccc2C(=O)Nc2cccc(C)c2)o1. The monoisotopic (exact) mass is 456 g/mol. The maximum absolute atomic E-state index is 12.8. The lowest BCUT2D eigenvalue weighted by Crippen LogP contribution is -2.18. The number of ether oxygens (including phenoxy) is 2. The fourth-order valence-electron chi connectivity index (χ4n) is 3.36. The highest BCUT2D eigenvalue weighted by Gasteiger charge is 2.17. The minimum Gasteiger partial charge on any atom is -0.493 e. The molecule has 0 atom stereocenters. The topological polar surface area (TPSA) is 89.8 Å². The van der Waals surface area contributed by atoms with Crippen molar-refractivity contribution in [1.29, 1.82) is 0 Å². The Kier molecular flexibility index (Phi) is 6.93. The van der Waals surface area contributed by atoms with Crippen LogP contribution in [-0.4, -0.2) is 18.9 Å². The number of methoxy groups -OCH3 is 1. The number of hydrogen-bond donors (Lipinski definition) is 2. The average molecular weight is 456 g/mol. The molecule has 2 amide bonds. The van der Waals surface area contributed by atoms with Crippen molar-refractivity contribution < 1.29 is 23.5 Å². The van der Waals surface area contributed by atoms with Crippen LogP contribution < -0.4 is 20.1 Å². The number of carbonyl (C=O) groups excluding carboxylic acids is 2. The molecule has 1 aromatic heterocycles. The molecule has 0 unspecified atom stereocenters. The average Bonchev–Trinajstić information content (AvgIpc) is 3.32. The number of para-hydroxylation sites is 3. The Morgan fingerprint density at radius 2 is 1.59 bits per heavy atom. The van der Waals surface area contributed by atoms with Gasteiger partial charge in [0, 0.05) is 5.69 Å². The first kappa shape index (κ1) is 22.7. The van der Waals surface area contributed by atoms with Gasteiger partial charge in [0.1, 0.15) is 12.4 Å². The summed E-state index contributed by atoms with van der Waals surface area (Å²) in [5.74, 6) is 0.953. The summed E-state index contributed by atoms with van der Waals surface area (Å²) < 4.78 is 16.6. The summed E-state index contributed by atoms with van der Waals surface area (Å²) in [7, 11) is 1.57. The maximum Gasteiger partial charge on any atom is 0.291 e. The normalized spacial score (nSPS) is 10.4. The number of furan rings is 1. The lowest BCUT2D eigenvalue weighted by Gasteiger charge is -2.11. The molecule has 3 aromatic carbocycles. The zero-order chi connectivity index (χ0) is 23.9. The van der Waals surface area contributed by atoms with E-state index in [1.54, 1.807) is 55.6 Å². The fourth-order valence-corrected chi connectivity index (χ4v) is 3.36. The Hall–Kier alpha value is -4.52. The maximum atomic E-state index is 12.8. The van der Waals surface area contributed by atoms with Crippen LogP contribution in [0.3, 0.4) is 0 Å². The van der Waals surface area contributed by atoms with E-state index >= 15 is 0 Å². The molecule has 0 aliphatic heterocycles. The zero-order valence-corrected chi connectivity index (χ0v) is 18.8. The van der Waals surface area contributed by atoms with E-state index in [-0.39, 0.29) is 18.3 Å². The first-order valence-electron chi connectivity index (χ1n) is 10.7. The van der Waals surface area contributed by atoms with E-state index in [4.69, 9.17) is 13.9 Å². The van der Waals surface area contributed by atoms with Gasteiger partial charge in [0.05, 0.1) is 18.4 Å². The van der Waals surface area contributed by atoms with Crippen LogP contribution >= 0.6 is 0 Å². The Labute approximate surface area is 197 Å². The summed E-state index contributed by atoms with van der Waals surface area (Å²) in [6, 6.07) is 24.8. The van der Waals surface area contributed by atoms with Crippen LogP contribution in [0.15, 0.2) is 89.3 Å². The van der Waals surface area contributed by atoms with Crippen molar-refractivity contribution >= 4 is 23.2 Å². The summed E-state index contributed by atoms with van der Waals surface area (Å²) in [6.07, 6.45) is 0. The van der Waals surface area contributed by atoms with Gasteiger partial charge in [-0.1, -0.05) is 36.4 Å². The van der Waals surface area contributed by atoms with Gasteiger partial charge in [-0.05, 0) is 61.0 Å². The van der Waals surface area contributed by atoms with Gasteiger partial charge >= 0.3 is 0 Å². The second-order valence-corrected chi connectivity index (χ2v) is 7.53. The first-order valence-corrected chi connectivity index (χ1v) is 10.7. The molecule has 0 aliphatic carbocycles. The fraction of sp³-hybridized carbons (Fsp3) is 0.111. The molecule has 0 radical (unpaired) electrons. The van der Waals surface area contributed by atoms with Crippen molar-refractivity contribution in [3.8, 4) is 11.5 Å². The molecule has 2 N–H and O–H groups in total. The summed E-state index contributed by atoms with van der Waals surface area (Å²) in [5.41, 5.74) is 2.42. The molecule has 7 heteroatoms. The standard InChI is InChI=1S/C27H24N2O5/c1-18-8-7-9-19(16-18)28-26(30)21-10-3-4-11-22(21)29-27(31)25-15-14-20(34-25)17-33-24-13-6-5-12-23(24)32-2/h3-16H,17H2,1-2H3,(H,28,30)(H,29,31). The van der Waals surface area contributed by atoms with E-state index in [0.717, 1.165) is 5.56 Å². The molecule has 7 nitrogen and oxygen atoms in total. The third-order valence-corrected chi connectivity index (χ3v) is 5.02. The third-order valence-electron chi connectivity index (χ3n) is 5.02. The Morgan fingerprint density at radius 3 is 2.38 bits per heavy atom. The molecule has 0 fully saturated rings. The minimum atomic E-state index is -0.473. The lowest BCUT2D eigenvalue weighted by molar-refractivity contribution is 0.0992. The number of carbonyl (C=O) groups is 2. The molecule has 0 aliphatic rings. The number of amides is 2. The van der Waals surface area contributed by atoms with Crippen LogP contribution in [0.2, 0.25) is 0 Å². The Morgan fingerprint density at radius 1 is 0.824 bits per heavy atom. The van der Waals surface area contributed by atoms with Gasteiger partial charge in [-0.15, -0.1) is 0 Å². The number of nitrogens with one attached hydrogen (secondary N) is 2. The number of rotatable bonds is 8. The zero-order valence-electron chi connectivity index (χ0n) is 18.8. The summed E-state index contributed by atoms with van der Waals surface area (Å²) in [4.78, 5) is 25.6. The van der Waals surface area contributed by atoms with Crippen LogP contribution in [0.25, 0.3) is 0 Å². The molecule has 1 heterocycles. The van der Waals surface area contributed by atoms with Crippen LogP contribution in [0.1, 0.15) is 32.2 Å². The van der Waals surface area contributed by atoms with E-state index in [1.807, 2.05) is 43.3 Å². The molecule has 0 bridgehead atoms. The summed E-state index contributed by atoms with van der Waals surface area (Å²) in [6.45, 7) is 2.08. The van der Waals surface area contributed by atoms with Gasteiger partial charge in [0.25, 0.3) is 11.8 Å². The van der Waals surface area contributed by atoms with Crippen molar-refractivity contribution in [2.75, 3.05) is 17.7 Å².